The summed E-state index contributed by atoms with van der Waals surface area (Å²) >= 11 is 0. The van der Waals surface area contributed by atoms with Crippen molar-refractivity contribution in [2.45, 2.75) is 19.3 Å². The van der Waals surface area contributed by atoms with Gasteiger partial charge >= 0.3 is 0 Å². The summed E-state index contributed by atoms with van der Waals surface area (Å²) < 4.78 is 0. The maximum Gasteiger partial charge on any atom is 0.0859 e. The molecule has 1 aromatic heterocycles. The fourth-order valence-corrected chi connectivity index (χ4v) is 2.58. The predicted molar refractivity (Wildman–Crippen MR) is 70.7 cm³/mol. The Morgan fingerprint density at radius 2 is 1.94 bits per heavy atom. The first-order valence-corrected chi connectivity index (χ1v) is 6.58. The van der Waals surface area contributed by atoms with Gasteiger partial charge in [-0.05, 0) is 56.0 Å². The summed E-state index contributed by atoms with van der Waals surface area (Å²) in [4.78, 5) is 1.67. The zero-order chi connectivity index (χ0) is 12.2. The summed E-state index contributed by atoms with van der Waals surface area (Å²) in [7, 11) is 0. The minimum Gasteiger partial charge on any atom is -0.317 e. The first-order valence-electron chi connectivity index (χ1n) is 6.58. The summed E-state index contributed by atoms with van der Waals surface area (Å²) in [5, 5.41) is 11.8. The van der Waals surface area contributed by atoms with Crippen molar-refractivity contribution < 1.29 is 0 Å². The van der Waals surface area contributed by atoms with Crippen LogP contribution in [0.4, 0.5) is 0 Å². The lowest BCUT2D eigenvalue weighted by Gasteiger charge is -2.22. The average Bonchev–Trinajstić information content (AvgIpc) is 2.94. The molecule has 0 unspecified atom stereocenters. The Kier molecular flexibility index (Phi) is 3.37. The van der Waals surface area contributed by atoms with Crippen LogP contribution in [0.25, 0.3) is 5.69 Å². The van der Waals surface area contributed by atoms with Crippen LogP contribution in [0.1, 0.15) is 18.4 Å². The van der Waals surface area contributed by atoms with Crippen LogP contribution in [0.2, 0.25) is 0 Å². The van der Waals surface area contributed by atoms with Crippen molar-refractivity contribution in [1.82, 2.24) is 20.3 Å². The fraction of sp³-hybridized carbons (Fsp3) is 0.429. The van der Waals surface area contributed by atoms with E-state index in [-0.39, 0.29) is 0 Å². The van der Waals surface area contributed by atoms with E-state index in [4.69, 9.17) is 0 Å². The van der Waals surface area contributed by atoms with E-state index in [0.29, 0.717) is 0 Å². The van der Waals surface area contributed by atoms with E-state index in [1.165, 1.54) is 18.4 Å². The van der Waals surface area contributed by atoms with Gasteiger partial charge in [0.2, 0.25) is 0 Å². The Morgan fingerprint density at radius 3 is 2.72 bits per heavy atom. The highest BCUT2D eigenvalue weighted by molar-refractivity contribution is 5.34. The van der Waals surface area contributed by atoms with Crippen molar-refractivity contribution in [3.8, 4) is 5.69 Å². The largest absolute Gasteiger partial charge is 0.317 e. The van der Waals surface area contributed by atoms with Gasteiger partial charge in [0.15, 0.2) is 0 Å². The molecule has 2 aromatic rings. The molecule has 18 heavy (non-hydrogen) atoms. The molecular formula is C14H18N4. The first kappa shape index (κ1) is 11.4. The molecule has 1 aromatic carbocycles. The molecule has 0 spiro atoms. The molecule has 1 fully saturated rings. The Hall–Kier alpha value is -1.68. The molecule has 4 heteroatoms. The van der Waals surface area contributed by atoms with Crippen molar-refractivity contribution in [3.05, 3.63) is 42.2 Å². The highest BCUT2D eigenvalue weighted by Crippen LogP contribution is 2.19. The molecule has 1 N–H and O–H groups in total. The van der Waals surface area contributed by atoms with Crippen LogP contribution in [0.15, 0.2) is 36.7 Å². The van der Waals surface area contributed by atoms with Crippen molar-refractivity contribution in [2.75, 3.05) is 13.1 Å². The van der Waals surface area contributed by atoms with Gasteiger partial charge in [0.25, 0.3) is 0 Å². The van der Waals surface area contributed by atoms with Gasteiger partial charge < -0.3 is 5.32 Å². The number of aromatic nitrogens is 3. The molecule has 3 rings (SSSR count). The molecule has 4 nitrogen and oxygen atoms in total. The van der Waals surface area contributed by atoms with Crippen LogP contribution in [0.5, 0.6) is 0 Å². The molecule has 0 radical (unpaired) electrons. The molecule has 0 aliphatic carbocycles. The Bertz CT molecular complexity index is 486. The van der Waals surface area contributed by atoms with E-state index in [0.717, 1.165) is 31.1 Å². The van der Waals surface area contributed by atoms with E-state index in [1.807, 2.05) is 6.07 Å². The summed E-state index contributed by atoms with van der Waals surface area (Å²) in [6, 6.07) is 8.54. The Balaban J connectivity index is 1.74. The minimum atomic E-state index is 0.812. The standard InChI is InChI=1S/C14H18N4/c1-2-13(10-12-4-6-15-7-5-12)11-14(3-1)18-16-8-9-17-18/h1-3,8-9,11-12,15H,4-7,10H2. The van der Waals surface area contributed by atoms with Gasteiger partial charge in [0, 0.05) is 0 Å². The van der Waals surface area contributed by atoms with E-state index in [2.05, 4.69) is 33.7 Å². The van der Waals surface area contributed by atoms with Gasteiger partial charge in [0.05, 0.1) is 18.1 Å². The molecule has 0 amide bonds. The zero-order valence-corrected chi connectivity index (χ0v) is 10.4. The van der Waals surface area contributed by atoms with Crippen LogP contribution in [-0.4, -0.2) is 28.1 Å². The molecule has 1 saturated heterocycles. The van der Waals surface area contributed by atoms with Crippen LogP contribution >= 0.6 is 0 Å². The highest BCUT2D eigenvalue weighted by atomic mass is 15.5. The summed E-state index contributed by atoms with van der Waals surface area (Å²) in [5.74, 6) is 0.812. The highest BCUT2D eigenvalue weighted by Gasteiger charge is 2.13. The van der Waals surface area contributed by atoms with Crippen LogP contribution < -0.4 is 5.32 Å². The number of nitrogens with zero attached hydrogens (tertiary/aromatic N) is 3. The van der Waals surface area contributed by atoms with Crippen LogP contribution in [-0.2, 0) is 6.42 Å². The lowest BCUT2D eigenvalue weighted by molar-refractivity contribution is 0.372. The van der Waals surface area contributed by atoms with E-state index in [9.17, 15) is 0 Å². The second kappa shape index (κ2) is 5.31. The molecule has 0 bridgehead atoms. The number of benzene rings is 1. The molecule has 0 saturated carbocycles. The summed E-state index contributed by atoms with van der Waals surface area (Å²) in [5.41, 5.74) is 2.43. The van der Waals surface area contributed by atoms with Crippen molar-refractivity contribution in [2.24, 2.45) is 5.92 Å². The molecule has 94 valence electrons. The third-order valence-electron chi connectivity index (χ3n) is 3.54. The third kappa shape index (κ3) is 2.59. The van der Waals surface area contributed by atoms with Gasteiger partial charge in [-0.25, -0.2) is 0 Å². The number of rotatable bonds is 3. The second-order valence-electron chi connectivity index (χ2n) is 4.89. The predicted octanol–water partition coefficient (Wildman–Crippen LogP) is 1.81. The number of hydrogen-bond donors (Lipinski definition) is 1. The lowest BCUT2D eigenvalue weighted by atomic mass is 9.91. The first-order chi connectivity index (χ1) is 8.92. The Labute approximate surface area is 107 Å². The van der Waals surface area contributed by atoms with Gasteiger partial charge in [0.1, 0.15) is 0 Å². The fourth-order valence-electron chi connectivity index (χ4n) is 2.58. The van der Waals surface area contributed by atoms with Gasteiger partial charge in [-0.2, -0.15) is 15.0 Å². The second-order valence-corrected chi connectivity index (χ2v) is 4.89. The van der Waals surface area contributed by atoms with Crippen molar-refractivity contribution in [3.63, 3.8) is 0 Å². The maximum atomic E-state index is 4.17. The maximum absolute atomic E-state index is 4.17. The van der Waals surface area contributed by atoms with Crippen LogP contribution in [0.3, 0.4) is 0 Å². The molecule has 1 aliphatic heterocycles. The van der Waals surface area contributed by atoms with E-state index < -0.39 is 0 Å². The summed E-state index contributed by atoms with van der Waals surface area (Å²) in [6.45, 7) is 2.32. The quantitative estimate of drug-likeness (QED) is 0.892. The molecule has 1 aliphatic rings. The molecule has 2 heterocycles. The summed E-state index contributed by atoms with van der Waals surface area (Å²) in [6.07, 6.45) is 7.14. The normalized spacial score (nSPS) is 16.9. The lowest BCUT2D eigenvalue weighted by Crippen LogP contribution is -2.28. The third-order valence-corrected chi connectivity index (χ3v) is 3.54. The van der Waals surface area contributed by atoms with E-state index in [1.54, 1.807) is 17.2 Å². The Morgan fingerprint density at radius 1 is 1.17 bits per heavy atom. The van der Waals surface area contributed by atoms with Crippen molar-refractivity contribution >= 4 is 0 Å². The topological polar surface area (TPSA) is 42.7 Å². The zero-order valence-electron chi connectivity index (χ0n) is 10.4. The van der Waals surface area contributed by atoms with E-state index >= 15 is 0 Å². The molecule has 0 atom stereocenters. The minimum absolute atomic E-state index is 0.812. The monoisotopic (exact) mass is 242 g/mol. The smallest absolute Gasteiger partial charge is 0.0859 e. The van der Waals surface area contributed by atoms with Crippen LogP contribution in [0, 0.1) is 5.92 Å². The van der Waals surface area contributed by atoms with Crippen molar-refractivity contribution in [1.29, 1.82) is 0 Å². The average molecular weight is 242 g/mol. The molecular weight excluding hydrogens is 224 g/mol. The van der Waals surface area contributed by atoms with Gasteiger partial charge in [-0.1, -0.05) is 12.1 Å². The SMILES string of the molecule is c1cc(CC2CCNCC2)cc(-n2nccn2)c1. The van der Waals surface area contributed by atoms with Gasteiger partial charge in [-0.3, -0.25) is 0 Å². The number of hydrogen-bond acceptors (Lipinski definition) is 3. The van der Waals surface area contributed by atoms with Gasteiger partial charge in [-0.15, -0.1) is 0 Å². The number of nitrogens with one attached hydrogen (secondary N) is 1. The number of piperidine rings is 1.